The lowest BCUT2D eigenvalue weighted by Crippen LogP contribution is -2.58. The van der Waals surface area contributed by atoms with Crippen LogP contribution in [0.4, 0.5) is 45.8 Å². The van der Waals surface area contributed by atoms with Gasteiger partial charge in [-0.15, -0.1) is 0 Å². The number of hydrogen-bond acceptors (Lipinski definition) is 25. The van der Waals surface area contributed by atoms with Gasteiger partial charge in [-0.1, -0.05) is 111 Å². The van der Waals surface area contributed by atoms with Gasteiger partial charge in [-0.25, -0.2) is 24.9 Å². The zero-order valence-electron chi connectivity index (χ0n) is 78.3. The number of ether oxygens (including phenoxy) is 1. The highest BCUT2D eigenvalue weighted by Crippen LogP contribution is 2.46. The van der Waals surface area contributed by atoms with E-state index in [0.29, 0.717) is 145 Å². The second kappa shape index (κ2) is 39.5. The molecule has 10 aromatic rings. The summed E-state index contributed by atoms with van der Waals surface area (Å²) < 4.78 is 29.7. The average molecular weight is 1750 g/mol. The number of aryl methyl sites for hydroxylation is 3. The molecule has 0 N–H and O–H groups in total. The Hall–Kier alpha value is -14.7. The van der Waals surface area contributed by atoms with Crippen molar-refractivity contribution in [3.05, 3.63) is 239 Å². The molecule has 131 heavy (non-hydrogen) atoms. The number of anilines is 8. The highest BCUT2D eigenvalue weighted by Gasteiger charge is 2.43. The van der Waals surface area contributed by atoms with Crippen molar-refractivity contribution in [2.24, 2.45) is 0 Å². The number of nitriles is 6. The van der Waals surface area contributed by atoms with E-state index in [0.717, 1.165) is 107 Å². The van der Waals surface area contributed by atoms with E-state index in [2.05, 4.69) is 249 Å². The maximum absolute atomic E-state index is 12.6. The van der Waals surface area contributed by atoms with Gasteiger partial charge >= 0.3 is 0 Å². The van der Waals surface area contributed by atoms with Crippen LogP contribution in [-0.2, 0) is 59.7 Å². The summed E-state index contributed by atoms with van der Waals surface area (Å²) in [5.41, 5.74) is 17.0. The molecule has 0 aliphatic carbocycles. The third-order valence-corrected chi connectivity index (χ3v) is 27.1. The van der Waals surface area contributed by atoms with Gasteiger partial charge in [0.1, 0.15) is 52.4 Å². The van der Waals surface area contributed by atoms with Gasteiger partial charge in [0.25, 0.3) is 0 Å². The molecule has 5 fully saturated rings. The topological polar surface area (TPSA) is 310 Å². The Morgan fingerprint density at radius 2 is 0.779 bits per heavy atom. The quantitative estimate of drug-likeness (QED) is 0.0640. The van der Waals surface area contributed by atoms with E-state index in [9.17, 15) is 46.0 Å². The van der Waals surface area contributed by atoms with E-state index in [4.69, 9.17) is 23.8 Å². The Bertz CT molecular complexity index is 6480. The van der Waals surface area contributed by atoms with Gasteiger partial charge in [-0.3, -0.25) is 14.4 Å². The first-order valence-electron chi connectivity index (χ1n) is 46.4. The molecule has 4 aromatic heterocycles. The van der Waals surface area contributed by atoms with E-state index in [1.165, 1.54) is 77.8 Å². The zero-order valence-corrected chi connectivity index (χ0v) is 75.3. The summed E-state index contributed by atoms with van der Waals surface area (Å²) >= 11 is 0. The Labute approximate surface area is 771 Å². The molecule has 5 saturated heterocycles. The Balaban J connectivity index is 0.000000146. The summed E-state index contributed by atoms with van der Waals surface area (Å²) in [5.74, 6) is 1.67. The van der Waals surface area contributed by atoms with Crippen LogP contribution in [0.15, 0.2) is 166 Å². The van der Waals surface area contributed by atoms with Crippen molar-refractivity contribution in [3.63, 3.8) is 0 Å². The zero-order chi connectivity index (χ0) is 94.3. The predicted octanol–water partition coefficient (Wildman–Crippen LogP) is 12.2. The van der Waals surface area contributed by atoms with Crippen molar-refractivity contribution in [2.75, 3.05) is 179 Å². The minimum Gasteiger partial charge on any atom is -0.476 e. The Morgan fingerprint density at radius 3 is 1.11 bits per heavy atom. The highest BCUT2D eigenvalue weighted by atomic mass is 16.5. The number of pyridine rings is 3. The molecule has 0 radical (unpaired) electrons. The number of hydrogen-bond donors (Lipinski definition) is 0. The van der Waals surface area contributed by atoms with Crippen molar-refractivity contribution in [1.29, 1.82) is 31.6 Å². The van der Waals surface area contributed by atoms with E-state index in [1.54, 1.807) is 40.2 Å². The number of fused-ring (bicyclic) bond motifs is 6. The number of likely N-dealkylation sites (N-methyl/N-ethyl adjacent to an activating group) is 2. The molecule has 28 nitrogen and oxygen atoms in total. The third-order valence-electron chi connectivity index (χ3n) is 27.1. The van der Waals surface area contributed by atoms with Crippen LogP contribution in [0.3, 0.4) is 0 Å². The monoisotopic (exact) mass is 1750 g/mol. The van der Waals surface area contributed by atoms with Crippen LogP contribution in [-0.4, -0.2) is 237 Å². The van der Waals surface area contributed by atoms with Crippen molar-refractivity contribution < 1.29 is 23.2 Å². The van der Waals surface area contributed by atoms with Crippen LogP contribution in [0.2, 0.25) is 0 Å². The summed E-state index contributed by atoms with van der Waals surface area (Å²) in [7, 11) is 5.78. The van der Waals surface area contributed by atoms with Crippen LogP contribution in [0, 0.1) is 88.8 Å². The van der Waals surface area contributed by atoms with Crippen molar-refractivity contribution in [3.8, 4) is 42.3 Å². The van der Waals surface area contributed by atoms with Gasteiger partial charge in [-0.05, 0) is 143 Å². The molecule has 12 heterocycles. The SMILES string of the molecule is C=CC(=O)N1CCN(c2c(C#N)c(N3CC(N(C)C)C3)nc3c2CCN(c2cccc4cccc(C)c24)C3)C[C@@H]1CC#N.C=CC(=O)N1CCN(c2c(C#N)c(OCCc3ncccn3)nc3c2CCN(c2cccc4cccc(C)c24)C3)C[C@@H]1CC#N.[2H]C([2H])([2H])N(C)C1CN(c2nc3c(c(N4CCN(C(=O)C=C)[C@@H](CC#N)C4)c2C#N)CCN(c2cccc4cccc(C)c24)C3)C1. The molecule has 3 amide bonds. The van der Waals surface area contributed by atoms with Gasteiger partial charge in [0.05, 0.1) is 116 Å². The third kappa shape index (κ3) is 18.1. The second-order valence-corrected chi connectivity index (χ2v) is 35.0. The lowest BCUT2D eigenvalue weighted by atomic mass is 9.94. The standard InChI is InChI=1S/C35H34N8O2.2C34H38N8O/c1-3-32(44)43-19-18-42(22-26(43)11-14-36)34-27-12-17-41(30-10-5-9-25-8-4-7-24(2)33(25)30)23-29(27)40-35(28(34)21-37)45-20-13-31-38-15-6-16-39-31;2*1-5-31(43)42-17-16-40(19-25(42)12-14-35)33-27-13-15-39(30-11-7-10-24-9-6-8-23(2)32(24)30)22-29(27)37-34(28(33)18-36)41-20-26(21-41)38(3)4/h3-10,15-16,26H,1,11-13,17-20,22-23H2,2H3;2*5-11,25-26H,1,12-13,15-17,19-22H2,2-4H3/t26-;2*25-/m000/s1/i;3D3;. The van der Waals surface area contributed by atoms with Gasteiger partial charge in [-0.2, -0.15) is 31.6 Å². The molecule has 0 spiro atoms. The molecule has 0 bridgehead atoms. The Kier molecular flexibility index (Phi) is 25.9. The lowest BCUT2D eigenvalue weighted by Gasteiger charge is -2.46. The van der Waals surface area contributed by atoms with Gasteiger partial charge < -0.3 is 68.4 Å². The highest BCUT2D eigenvalue weighted by molar-refractivity contribution is 6.00. The fourth-order valence-corrected chi connectivity index (χ4v) is 20.2. The fourth-order valence-electron chi connectivity index (χ4n) is 20.2. The van der Waals surface area contributed by atoms with E-state index >= 15 is 0 Å². The van der Waals surface area contributed by atoms with Crippen LogP contribution in [0.25, 0.3) is 32.3 Å². The van der Waals surface area contributed by atoms with Gasteiger partial charge in [0.15, 0.2) is 0 Å². The number of carbonyl (C=O) groups excluding carboxylic acids is 3. The first kappa shape index (κ1) is 85.7. The van der Waals surface area contributed by atoms with Gasteiger partial charge in [0.2, 0.25) is 23.6 Å². The minimum absolute atomic E-state index is 0.158. The first-order valence-corrected chi connectivity index (χ1v) is 44.9. The summed E-state index contributed by atoms with van der Waals surface area (Å²) in [4.78, 5) is 88.4. The molecule has 6 aromatic carbocycles. The summed E-state index contributed by atoms with van der Waals surface area (Å²) in [6, 6.07) is 53.5. The summed E-state index contributed by atoms with van der Waals surface area (Å²) in [6.07, 6.45) is 10.4. The van der Waals surface area contributed by atoms with Crippen molar-refractivity contribution >= 4 is 95.8 Å². The first-order chi connectivity index (χ1) is 64.9. The van der Waals surface area contributed by atoms with Crippen molar-refractivity contribution in [2.45, 2.75) is 116 Å². The van der Waals surface area contributed by atoms with Crippen LogP contribution in [0.5, 0.6) is 5.88 Å². The minimum atomic E-state index is -2.21. The van der Waals surface area contributed by atoms with Crippen LogP contribution in [0.1, 0.15) is 96.4 Å². The molecule has 666 valence electrons. The van der Waals surface area contributed by atoms with E-state index < -0.39 is 6.98 Å². The fraction of sp³-hybridized carbons (Fsp3) is 0.379. The van der Waals surface area contributed by atoms with Crippen LogP contribution < -0.4 is 43.9 Å². The summed E-state index contributed by atoms with van der Waals surface area (Å²) in [5, 5.41) is 67.8. The normalized spacial score (nSPS) is 18.2. The number of carbonyl (C=O) groups is 3. The maximum atomic E-state index is 12.6. The molecular weight excluding hydrogens is 1640 g/mol. The summed E-state index contributed by atoms with van der Waals surface area (Å²) in [6.45, 7) is 26.2. The molecule has 8 aliphatic heterocycles. The lowest BCUT2D eigenvalue weighted by molar-refractivity contribution is -0.129. The number of rotatable bonds is 20. The number of piperazine rings is 3. The van der Waals surface area contributed by atoms with Gasteiger partial charge in [0, 0.05) is 190 Å². The molecule has 3 atom stereocenters. The molecule has 0 unspecified atom stereocenters. The molecule has 0 saturated carbocycles. The largest absolute Gasteiger partial charge is 0.476 e. The number of nitrogens with zero attached hydrogens (tertiary/aromatic N) is 24. The molecule has 18 rings (SSSR count). The molecule has 8 aliphatic rings. The Morgan fingerprint density at radius 1 is 0.435 bits per heavy atom. The maximum Gasteiger partial charge on any atom is 0.246 e. The molecular formula is C103H110N24O4. The number of benzene rings is 6. The second-order valence-electron chi connectivity index (χ2n) is 35.0. The van der Waals surface area contributed by atoms with Crippen LogP contribution >= 0.6 is 0 Å². The van der Waals surface area contributed by atoms with E-state index in [-0.39, 0.29) is 73.6 Å². The number of amides is 3. The predicted molar refractivity (Wildman–Crippen MR) is 512 cm³/mol. The van der Waals surface area contributed by atoms with E-state index in [1.807, 2.05) is 4.90 Å². The van der Waals surface area contributed by atoms with Crippen molar-refractivity contribution in [1.82, 2.24) is 49.4 Å². The smallest absolute Gasteiger partial charge is 0.246 e. The number of aromatic nitrogens is 5. The average Bonchev–Trinajstić information content (AvgIpc) is 0.733. The molecule has 28 heteroatoms.